The van der Waals surface area contributed by atoms with Crippen LogP contribution in [0.3, 0.4) is 0 Å². The normalized spacial score (nSPS) is 35.8. The minimum atomic E-state index is -1.05. The van der Waals surface area contributed by atoms with Crippen LogP contribution in [-0.2, 0) is 9.59 Å². The third-order valence-electron chi connectivity index (χ3n) is 5.71. The van der Waals surface area contributed by atoms with Crippen molar-refractivity contribution in [2.75, 3.05) is 0 Å². The predicted molar refractivity (Wildman–Crippen MR) is 91.1 cm³/mol. The van der Waals surface area contributed by atoms with Crippen molar-refractivity contribution in [2.45, 2.75) is 90.0 Å². The average molecular weight is 340 g/mol. The Labute approximate surface area is 144 Å². The summed E-state index contributed by atoms with van der Waals surface area (Å²) in [6.45, 7) is 8.95. The van der Waals surface area contributed by atoms with Crippen molar-refractivity contribution in [2.24, 2.45) is 11.3 Å². The Morgan fingerprint density at radius 2 is 1.71 bits per heavy atom. The Kier molecular flexibility index (Phi) is 5.04. The molecule has 4 atom stereocenters. The maximum atomic E-state index is 12.6. The van der Waals surface area contributed by atoms with Gasteiger partial charge < -0.3 is 20.8 Å². The Morgan fingerprint density at radius 3 is 2.08 bits per heavy atom. The van der Waals surface area contributed by atoms with Crippen LogP contribution in [0.25, 0.3) is 0 Å². The van der Waals surface area contributed by atoms with E-state index in [2.05, 4.69) is 10.6 Å². The van der Waals surface area contributed by atoms with E-state index < -0.39 is 16.6 Å². The molecular formula is C18H32N2O4. The number of aliphatic hydroxyl groups is 2. The van der Waals surface area contributed by atoms with Crippen molar-refractivity contribution in [3.8, 4) is 0 Å². The van der Waals surface area contributed by atoms with E-state index in [1.807, 2.05) is 13.8 Å². The van der Waals surface area contributed by atoms with Gasteiger partial charge in [-0.15, -0.1) is 0 Å². The van der Waals surface area contributed by atoms with Gasteiger partial charge >= 0.3 is 0 Å². The van der Waals surface area contributed by atoms with E-state index in [0.29, 0.717) is 12.8 Å². The number of nitrogens with one attached hydrogen (secondary N) is 2. The first kappa shape index (κ1) is 19.2. The number of amides is 2. The van der Waals surface area contributed by atoms with E-state index in [9.17, 15) is 19.8 Å². The van der Waals surface area contributed by atoms with Crippen LogP contribution in [0.2, 0.25) is 0 Å². The van der Waals surface area contributed by atoms with Gasteiger partial charge in [-0.25, -0.2) is 0 Å². The standard InChI is InChI=1S/C18H32N2O4/c1-11(2)14(21)19-13-7-9-18(13,24)10-16(3,4)15(22)20-12-6-8-17(12,5)23/h11-13,23-24H,6-10H2,1-5H3,(H,19,21)(H,20,22)/t12-,13+,17+,18+/m0/s1. The molecule has 2 amide bonds. The average Bonchev–Trinajstić information content (AvgIpc) is 2.46. The second-order valence-corrected chi connectivity index (χ2v) is 8.84. The summed E-state index contributed by atoms with van der Waals surface area (Å²) in [5.74, 6) is -0.375. The van der Waals surface area contributed by atoms with Crippen LogP contribution in [-0.4, -0.2) is 45.3 Å². The van der Waals surface area contributed by atoms with Crippen LogP contribution >= 0.6 is 0 Å². The molecule has 0 bridgehead atoms. The van der Waals surface area contributed by atoms with Gasteiger partial charge in [-0.3, -0.25) is 9.59 Å². The quantitative estimate of drug-likeness (QED) is 0.582. The van der Waals surface area contributed by atoms with Gasteiger partial charge in [-0.1, -0.05) is 27.7 Å². The van der Waals surface area contributed by atoms with Crippen LogP contribution in [0.4, 0.5) is 0 Å². The summed E-state index contributed by atoms with van der Waals surface area (Å²) < 4.78 is 0. The number of rotatable bonds is 6. The Hall–Kier alpha value is -1.14. The second kappa shape index (κ2) is 6.30. The summed E-state index contributed by atoms with van der Waals surface area (Å²) in [4.78, 5) is 24.5. The van der Waals surface area contributed by atoms with Crippen molar-refractivity contribution < 1.29 is 19.8 Å². The lowest BCUT2D eigenvalue weighted by Crippen LogP contribution is -2.64. The molecule has 0 aromatic rings. The first-order valence-electron chi connectivity index (χ1n) is 8.93. The molecule has 0 saturated heterocycles. The lowest BCUT2D eigenvalue weighted by Gasteiger charge is -2.50. The lowest BCUT2D eigenvalue weighted by atomic mass is 9.65. The highest BCUT2D eigenvalue weighted by atomic mass is 16.3. The van der Waals surface area contributed by atoms with Crippen LogP contribution in [0, 0.1) is 11.3 Å². The van der Waals surface area contributed by atoms with E-state index in [4.69, 9.17) is 0 Å². The molecule has 2 fully saturated rings. The fourth-order valence-electron chi connectivity index (χ4n) is 3.51. The summed E-state index contributed by atoms with van der Waals surface area (Å²) in [5, 5.41) is 26.7. The zero-order chi connectivity index (χ0) is 18.3. The van der Waals surface area contributed by atoms with Crippen LogP contribution in [0.15, 0.2) is 0 Å². The van der Waals surface area contributed by atoms with Gasteiger partial charge in [0.2, 0.25) is 11.8 Å². The predicted octanol–water partition coefficient (Wildman–Crippen LogP) is 1.10. The topological polar surface area (TPSA) is 98.7 Å². The Morgan fingerprint density at radius 1 is 1.12 bits per heavy atom. The molecule has 0 heterocycles. The molecule has 4 N–H and O–H groups in total. The highest BCUT2D eigenvalue weighted by Gasteiger charge is 2.51. The molecule has 2 saturated carbocycles. The minimum absolute atomic E-state index is 0.0779. The van der Waals surface area contributed by atoms with Crippen molar-refractivity contribution in [1.29, 1.82) is 0 Å². The molecule has 0 aromatic carbocycles. The molecule has 6 heteroatoms. The van der Waals surface area contributed by atoms with Gasteiger partial charge in [0.25, 0.3) is 0 Å². The summed E-state index contributed by atoms with van der Waals surface area (Å²) in [6.07, 6.45) is 3.04. The number of carbonyl (C=O) groups excluding carboxylic acids is 2. The van der Waals surface area contributed by atoms with E-state index in [1.165, 1.54) is 0 Å². The van der Waals surface area contributed by atoms with Crippen LogP contribution in [0.1, 0.15) is 66.7 Å². The summed E-state index contributed by atoms with van der Waals surface area (Å²) >= 11 is 0. The molecule has 0 radical (unpaired) electrons. The van der Waals surface area contributed by atoms with E-state index in [1.54, 1.807) is 20.8 Å². The fraction of sp³-hybridized carbons (Fsp3) is 0.889. The van der Waals surface area contributed by atoms with Crippen molar-refractivity contribution >= 4 is 11.8 Å². The van der Waals surface area contributed by atoms with Crippen LogP contribution < -0.4 is 10.6 Å². The fourth-order valence-corrected chi connectivity index (χ4v) is 3.51. The van der Waals surface area contributed by atoms with Gasteiger partial charge in [0.1, 0.15) is 0 Å². The highest BCUT2D eigenvalue weighted by molar-refractivity contribution is 5.82. The van der Waals surface area contributed by atoms with Crippen molar-refractivity contribution in [1.82, 2.24) is 10.6 Å². The third-order valence-corrected chi connectivity index (χ3v) is 5.71. The molecule has 24 heavy (non-hydrogen) atoms. The number of carbonyl (C=O) groups is 2. The minimum Gasteiger partial charge on any atom is -0.388 e. The summed E-state index contributed by atoms with van der Waals surface area (Å²) in [5.41, 5.74) is -2.66. The van der Waals surface area contributed by atoms with Crippen LogP contribution in [0.5, 0.6) is 0 Å². The zero-order valence-electron chi connectivity index (χ0n) is 15.5. The molecule has 0 spiro atoms. The zero-order valence-corrected chi connectivity index (χ0v) is 15.5. The second-order valence-electron chi connectivity index (χ2n) is 8.84. The molecule has 0 aromatic heterocycles. The third kappa shape index (κ3) is 3.75. The maximum Gasteiger partial charge on any atom is 0.226 e. The molecule has 0 unspecified atom stereocenters. The van der Waals surface area contributed by atoms with E-state index >= 15 is 0 Å². The Balaban J connectivity index is 1.94. The van der Waals surface area contributed by atoms with Gasteiger partial charge in [0.15, 0.2) is 0 Å². The summed E-state index contributed by atoms with van der Waals surface area (Å²) in [7, 11) is 0. The molecule has 2 aliphatic carbocycles. The Bertz CT molecular complexity index is 515. The van der Waals surface area contributed by atoms with Gasteiger partial charge in [0.05, 0.1) is 23.3 Å². The van der Waals surface area contributed by atoms with Crippen molar-refractivity contribution in [3.63, 3.8) is 0 Å². The molecular weight excluding hydrogens is 308 g/mol. The molecule has 138 valence electrons. The SMILES string of the molecule is CC(C)C(=O)N[C@@H]1CC[C@@]1(O)CC(C)(C)C(=O)N[C@H]1CC[C@@]1(C)O. The molecule has 0 aliphatic heterocycles. The van der Waals surface area contributed by atoms with Crippen molar-refractivity contribution in [3.05, 3.63) is 0 Å². The van der Waals surface area contributed by atoms with E-state index in [0.717, 1.165) is 12.8 Å². The summed E-state index contributed by atoms with van der Waals surface area (Å²) in [6, 6.07) is -0.525. The molecule has 2 rings (SSSR count). The highest BCUT2D eigenvalue weighted by Crippen LogP contribution is 2.42. The molecule has 6 nitrogen and oxygen atoms in total. The maximum absolute atomic E-state index is 12.6. The smallest absolute Gasteiger partial charge is 0.226 e. The van der Waals surface area contributed by atoms with E-state index in [-0.39, 0.29) is 36.2 Å². The number of hydrogen-bond donors (Lipinski definition) is 4. The molecule has 2 aliphatic rings. The van der Waals surface area contributed by atoms with Gasteiger partial charge in [0, 0.05) is 11.3 Å². The number of hydrogen-bond acceptors (Lipinski definition) is 4. The first-order chi connectivity index (χ1) is 10.9. The van der Waals surface area contributed by atoms with Gasteiger partial charge in [-0.05, 0) is 39.0 Å². The lowest BCUT2D eigenvalue weighted by molar-refractivity contribution is -0.148. The largest absolute Gasteiger partial charge is 0.388 e. The van der Waals surface area contributed by atoms with Gasteiger partial charge in [-0.2, -0.15) is 0 Å². The monoisotopic (exact) mass is 340 g/mol. The first-order valence-corrected chi connectivity index (χ1v) is 8.93.